The largest absolute Gasteiger partial charge is 0.366 e. The van der Waals surface area contributed by atoms with Crippen molar-refractivity contribution >= 4 is 17.3 Å². The third kappa shape index (κ3) is 2.99. The number of nitrogens with zero attached hydrogens (tertiary/aromatic N) is 1. The number of anilines is 1. The summed E-state index contributed by atoms with van der Waals surface area (Å²) in [5.74, 6) is 0. The van der Waals surface area contributed by atoms with Crippen molar-refractivity contribution in [3.63, 3.8) is 0 Å². The molecule has 3 heteroatoms. The molecule has 1 unspecified atom stereocenters. The average Bonchev–Trinajstić information content (AvgIpc) is 2.38. The zero-order valence-electron chi connectivity index (χ0n) is 9.10. The lowest BCUT2D eigenvalue weighted by atomic mass is 10.1. The molecule has 1 N–H and O–H groups in total. The minimum absolute atomic E-state index is 0.366. The molecule has 84 valence electrons. The summed E-state index contributed by atoms with van der Waals surface area (Å²) in [5, 5.41) is 13.0. The molecule has 1 atom stereocenters. The van der Waals surface area contributed by atoms with Crippen molar-refractivity contribution in [3.05, 3.63) is 65.2 Å². The van der Waals surface area contributed by atoms with Crippen molar-refractivity contribution in [1.82, 2.24) is 0 Å². The van der Waals surface area contributed by atoms with E-state index in [1.54, 1.807) is 12.1 Å². The van der Waals surface area contributed by atoms with Crippen molar-refractivity contribution < 1.29 is 0 Å². The van der Waals surface area contributed by atoms with E-state index in [9.17, 15) is 0 Å². The first-order valence-electron chi connectivity index (χ1n) is 5.26. The van der Waals surface area contributed by atoms with Crippen molar-refractivity contribution in [1.29, 1.82) is 5.26 Å². The molecule has 2 nitrogen and oxygen atoms in total. The maximum absolute atomic E-state index is 9.16. The number of nitrogens with one attached hydrogen (secondary N) is 1. The fraction of sp³-hybridized carbons (Fsp3) is 0.0714. The van der Waals surface area contributed by atoms with E-state index in [1.807, 2.05) is 42.5 Å². The van der Waals surface area contributed by atoms with Gasteiger partial charge in [-0.15, -0.1) is 0 Å². The zero-order chi connectivity index (χ0) is 12.1. The number of para-hydroxylation sites is 1. The van der Waals surface area contributed by atoms with Crippen molar-refractivity contribution in [3.8, 4) is 6.07 Å². The van der Waals surface area contributed by atoms with E-state index >= 15 is 0 Å². The Morgan fingerprint density at radius 3 is 2.24 bits per heavy atom. The van der Waals surface area contributed by atoms with Crippen LogP contribution < -0.4 is 5.32 Å². The van der Waals surface area contributed by atoms with Gasteiger partial charge in [0.2, 0.25) is 0 Å². The maximum Gasteiger partial charge on any atom is 0.140 e. The number of halogens is 1. The molecule has 0 heterocycles. The van der Waals surface area contributed by atoms with Gasteiger partial charge in [-0.25, -0.2) is 0 Å². The summed E-state index contributed by atoms with van der Waals surface area (Å²) < 4.78 is 0. The third-order valence-electron chi connectivity index (χ3n) is 2.42. The minimum Gasteiger partial charge on any atom is -0.366 e. The summed E-state index contributed by atoms with van der Waals surface area (Å²) in [5.41, 5.74) is 1.83. The van der Waals surface area contributed by atoms with Gasteiger partial charge >= 0.3 is 0 Å². The van der Waals surface area contributed by atoms with E-state index in [0.29, 0.717) is 5.02 Å². The molecule has 0 amide bonds. The Hall–Kier alpha value is -1.98. The SMILES string of the molecule is N#CC(Nc1ccccc1)c1ccc(Cl)cc1. The van der Waals surface area contributed by atoms with E-state index in [2.05, 4.69) is 11.4 Å². The van der Waals surface area contributed by atoms with E-state index in [4.69, 9.17) is 16.9 Å². The average molecular weight is 243 g/mol. The van der Waals surface area contributed by atoms with Crippen LogP contribution in [0, 0.1) is 11.3 Å². The summed E-state index contributed by atoms with van der Waals surface area (Å²) in [7, 11) is 0. The van der Waals surface area contributed by atoms with E-state index in [-0.39, 0.29) is 6.04 Å². The summed E-state index contributed by atoms with van der Waals surface area (Å²) in [4.78, 5) is 0. The first-order valence-corrected chi connectivity index (χ1v) is 5.64. The lowest BCUT2D eigenvalue weighted by molar-refractivity contribution is 0.998. The van der Waals surface area contributed by atoms with Gasteiger partial charge in [0.25, 0.3) is 0 Å². The van der Waals surface area contributed by atoms with E-state index < -0.39 is 0 Å². The van der Waals surface area contributed by atoms with Crippen LogP contribution in [-0.2, 0) is 0 Å². The van der Waals surface area contributed by atoms with Gasteiger partial charge in [-0.05, 0) is 29.8 Å². The lowest BCUT2D eigenvalue weighted by Crippen LogP contribution is -2.07. The molecule has 0 aromatic heterocycles. The fourth-order valence-electron chi connectivity index (χ4n) is 1.55. The summed E-state index contributed by atoms with van der Waals surface area (Å²) >= 11 is 5.82. The molecule has 0 aliphatic heterocycles. The molecule has 2 aromatic carbocycles. The van der Waals surface area contributed by atoms with Crippen LogP contribution in [0.3, 0.4) is 0 Å². The van der Waals surface area contributed by atoms with Crippen LogP contribution in [0.15, 0.2) is 54.6 Å². The molecule has 2 rings (SSSR count). The normalized spacial score (nSPS) is 11.5. The molecule has 0 aliphatic carbocycles. The Morgan fingerprint density at radius 1 is 1.00 bits per heavy atom. The summed E-state index contributed by atoms with van der Waals surface area (Å²) in [6.07, 6.45) is 0. The first-order chi connectivity index (χ1) is 8.29. The van der Waals surface area contributed by atoms with Crippen LogP contribution in [0.4, 0.5) is 5.69 Å². The van der Waals surface area contributed by atoms with Crippen LogP contribution in [0.25, 0.3) is 0 Å². The van der Waals surface area contributed by atoms with Crippen LogP contribution in [0.1, 0.15) is 11.6 Å². The van der Waals surface area contributed by atoms with Crippen molar-refractivity contribution in [2.24, 2.45) is 0 Å². The molecule has 17 heavy (non-hydrogen) atoms. The molecular formula is C14H11ClN2. The van der Waals surface area contributed by atoms with Gasteiger partial charge in [-0.1, -0.05) is 41.9 Å². The number of rotatable bonds is 3. The molecular weight excluding hydrogens is 232 g/mol. The molecule has 0 fully saturated rings. The summed E-state index contributed by atoms with van der Waals surface area (Å²) in [6.45, 7) is 0. The molecule has 2 aromatic rings. The van der Waals surface area contributed by atoms with Crippen LogP contribution >= 0.6 is 11.6 Å². The number of hydrogen-bond donors (Lipinski definition) is 1. The topological polar surface area (TPSA) is 35.8 Å². The third-order valence-corrected chi connectivity index (χ3v) is 2.67. The van der Waals surface area contributed by atoms with Gasteiger partial charge in [0.15, 0.2) is 0 Å². The quantitative estimate of drug-likeness (QED) is 0.883. The fourth-order valence-corrected chi connectivity index (χ4v) is 1.67. The highest BCUT2D eigenvalue weighted by Crippen LogP contribution is 2.20. The Balaban J connectivity index is 2.18. The second-order valence-electron chi connectivity index (χ2n) is 3.62. The van der Waals surface area contributed by atoms with Gasteiger partial charge < -0.3 is 5.32 Å². The molecule has 0 radical (unpaired) electrons. The highest BCUT2D eigenvalue weighted by molar-refractivity contribution is 6.30. The zero-order valence-corrected chi connectivity index (χ0v) is 9.85. The number of benzene rings is 2. The Bertz CT molecular complexity index is 514. The number of nitriles is 1. The van der Waals surface area contributed by atoms with Gasteiger partial charge in [0, 0.05) is 10.7 Å². The van der Waals surface area contributed by atoms with Crippen LogP contribution in [0.2, 0.25) is 5.02 Å². The van der Waals surface area contributed by atoms with E-state index in [0.717, 1.165) is 11.3 Å². The Kier molecular flexibility index (Phi) is 3.64. The van der Waals surface area contributed by atoms with Crippen molar-refractivity contribution in [2.45, 2.75) is 6.04 Å². The highest BCUT2D eigenvalue weighted by atomic mass is 35.5. The minimum atomic E-state index is -0.366. The Labute approximate surface area is 105 Å². The van der Waals surface area contributed by atoms with Crippen LogP contribution in [0.5, 0.6) is 0 Å². The second-order valence-corrected chi connectivity index (χ2v) is 4.06. The first kappa shape index (κ1) is 11.5. The van der Waals surface area contributed by atoms with Gasteiger partial charge in [-0.2, -0.15) is 5.26 Å². The molecule has 0 saturated carbocycles. The highest BCUT2D eigenvalue weighted by Gasteiger charge is 2.09. The molecule has 0 saturated heterocycles. The maximum atomic E-state index is 9.16. The predicted molar refractivity (Wildman–Crippen MR) is 69.9 cm³/mol. The predicted octanol–water partition coefficient (Wildman–Crippen LogP) is 4.02. The molecule has 0 aliphatic rings. The second kappa shape index (κ2) is 5.38. The van der Waals surface area contributed by atoms with Crippen molar-refractivity contribution in [2.75, 3.05) is 5.32 Å². The van der Waals surface area contributed by atoms with Crippen LogP contribution in [-0.4, -0.2) is 0 Å². The standard InChI is InChI=1S/C14H11ClN2/c15-12-8-6-11(7-9-12)14(10-16)17-13-4-2-1-3-5-13/h1-9,14,17H. The Morgan fingerprint density at radius 2 is 1.65 bits per heavy atom. The monoisotopic (exact) mass is 242 g/mol. The van der Waals surface area contributed by atoms with Gasteiger partial charge in [0.05, 0.1) is 6.07 Å². The smallest absolute Gasteiger partial charge is 0.140 e. The molecule has 0 spiro atoms. The van der Waals surface area contributed by atoms with Gasteiger partial charge in [-0.3, -0.25) is 0 Å². The van der Waals surface area contributed by atoms with Gasteiger partial charge in [0.1, 0.15) is 6.04 Å². The van der Waals surface area contributed by atoms with E-state index in [1.165, 1.54) is 0 Å². The summed E-state index contributed by atoms with van der Waals surface area (Å²) in [6, 6.07) is 18.8. The number of hydrogen-bond acceptors (Lipinski definition) is 2. The lowest BCUT2D eigenvalue weighted by Gasteiger charge is -2.13. The molecule has 0 bridgehead atoms.